The molecule has 98 valence electrons. The van der Waals surface area contributed by atoms with Crippen molar-refractivity contribution in [2.75, 3.05) is 13.9 Å². The number of fused-ring (bicyclic) bond motifs is 2. The molecule has 1 aliphatic rings. The summed E-state index contributed by atoms with van der Waals surface area (Å²) in [7, 11) is 1.35. The van der Waals surface area contributed by atoms with Gasteiger partial charge in [0.15, 0.2) is 29.0 Å². The molecule has 7 heteroatoms. The van der Waals surface area contributed by atoms with Crippen molar-refractivity contribution >= 4 is 16.9 Å². The highest BCUT2D eigenvalue weighted by Crippen LogP contribution is 2.38. The minimum Gasteiger partial charge on any atom is -0.618 e. The Morgan fingerprint density at radius 3 is 2.74 bits per heavy atom. The van der Waals surface area contributed by atoms with Crippen LogP contribution in [0.3, 0.4) is 0 Å². The number of aromatic nitrogens is 1. The van der Waals surface area contributed by atoms with Crippen LogP contribution in [-0.2, 0) is 0 Å². The molecule has 0 atom stereocenters. The molecule has 0 aliphatic carbocycles. The monoisotopic (exact) mass is 263 g/mol. The van der Waals surface area contributed by atoms with Crippen LogP contribution in [-0.4, -0.2) is 25.0 Å². The molecule has 3 rings (SSSR count). The summed E-state index contributed by atoms with van der Waals surface area (Å²) in [5.41, 5.74) is 0.0509. The molecule has 1 N–H and O–H groups in total. The fourth-order valence-electron chi connectivity index (χ4n) is 2.06. The molecule has 0 unspecified atom stereocenters. The second-order valence-electron chi connectivity index (χ2n) is 3.93. The Kier molecular flexibility index (Phi) is 2.34. The van der Waals surface area contributed by atoms with Gasteiger partial charge in [-0.3, -0.25) is 0 Å². The van der Waals surface area contributed by atoms with Crippen molar-refractivity contribution in [3.05, 3.63) is 29.1 Å². The molecule has 19 heavy (non-hydrogen) atoms. The highest BCUT2D eigenvalue weighted by molar-refractivity contribution is 5.98. The number of aromatic carboxylic acids is 1. The van der Waals surface area contributed by atoms with E-state index in [9.17, 15) is 10.0 Å². The third-order valence-corrected chi connectivity index (χ3v) is 2.90. The zero-order chi connectivity index (χ0) is 13.6. The lowest BCUT2D eigenvalue weighted by Crippen LogP contribution is -2.28. The molecule has 1 aromatic heterocycles. The van der Waals surface area contributed by atoms with Gasteiger partial charge >= 0.3 is 5.97 Å². The first-order chi connectivity index (χ1) is 9.11. The molecule has 0 saturated carbocycles. The van der Waals surface area contributed by atoms with Gasteiger partial charge in [0.1, 0.15) is 0 Å². The minimum absolute atomic E-state index is 0.0681. The van der Waals surface area contributed by atoms with Crippen molar-refractivity contribution in [3.63, 3.8) is 0 Å². The quantitative estimate of drug-likeness (QED) is 0.639. The highest BCUT2D eigenvalue weighted by Gasteiger charge is 2.25. The van der Waals surface area contributed by atoms with E-state index in [-0.39, 0.29) is 23.6 Å². The van der Waals surface area contributed by atoms with Crippen LogP contribution in [0.5, 0.6) is 17.2 Å². The number of hydrogen-bond acceptors (Lipinski definition) is 5. The van der Waals surface area contributed by atoms with Gasteiger partial charge in [0.05, 0.1) is 18.6 Å². The number of ether oxygens (including phenoxy) is 3. The van der Waals surface area contributed by atoms with E-state index in [4.69, 9.17) is 19.3 Å². The number of pyridine rings is 1. The van der Waals surface area contributed by atoms with Gasteiger partial charge in [-0.15, -0.1) is 0 Å². The molecule has 1 aliphatic heterocycles. The van der Waals surface area contributed by atoms with E-state index < -0.39 is 5.97 Å². The summed E-state index contributed by atoms with van der Waals surface area (Å²) in [6.45, 7) is 0.0681. The van der Waals surface area contributed by atoms with Gasteiger partial charge in [-0.05, 0) is 0 Å². The maximum Gasteiger partial charge on any atom is 0.345 e. The number of rotatable bonds is 2. The van der Waals surface area contributed by atoms with Crippen molar-refractivity contribution in [1.82, 2.24) is 0 Å². The average Bonchev–Trinajstić information content (AvgIpc) is 2.83. The summed E-state index contributed by atoms with van der Waals surface area (Å²) in [5.74, 6) is -0.218. The molecule has 1 aromatic carbocycles. The topological polar surface area (TPSA) is 91.9 Å². The highest BCUT2D eigenvalue weighted by atomic mass is 16.7. The number of carboxylic acid groups (broad SMARTS) is 1. The van der Waals surface area contributed by atoms with Crippen LogP contribution in [0, 0.1) is 5.21 Å². The largest absolute Gasteiger partial charge is 0.618 e. The van der Waals surface area contributed by atoms with Crippen molar-refractivity contribution in [3.8, 4) is 17.2 Å². The lowest BCUT2D eigenvalue weighted by atomic mass is 10.1. The van der Waals surface area contributed by atoms with Gasteiger partial charge < -0.3 is 24.5 Å². The Morgan fingerprint density at radius 1 is 1.42 bits per heavy atom. The molecule has 0 spiro atoms. The summed E-state index contributed by atoms with van der Waals surface area (Å²) in [4.78, 5) is 11.1. The van der Waals surface area contributed by atoms with Crippen molar-refractivity contribution in [2.24, 2.45) is 0 Å². The van der Waals surface area contributed by atoms with Gasteiger partial charge in [0.25, 0.3) is 0 Å². The molecule has 0 saturated heterocycles. The lowest BCUT2D eigenvalue weighted by Gasteiger charge is -2.10. The summed E-state index contributed by atoms with van der Waals surface area (Å²) >= 11 is 0. The van der Waals surface area contributed by atoms with Crippen molar-refractivity contribution in [1.29, 1.82) is 0 Å². The number of methoxy groups -OCH3 is 1. The van der Waals surface area contributed by atoms with Crippen LogP contribution < -0.4 is 18.9 Å². The minimum atomic E-state index is -1.24. The maximum atomic E-state index is 11.9. The first kappa shape index (κ1) is 11.4. The Balaban J connectivity index is 2.40. The van der Waals surface area contributed by atoms with Crippen LogP contribution >= 0.6 is 0 Å². The Labute approximate surface area is 107 Å². The number of carbonyl (C=O) groups is 1. The van der Waals surface area contributed by atoms with Gasteiger partial charge in [0, 0.05) is 6.07 Å². The van der Waals surface area contributed by atoms with E-state index in [1.54, 1.807) is 0 Å². The van der Waals surface area contributed by atoms with Crippen molar-refractivity contribution < 1.29 is 28.8 Å². The second kappa shape index (κ2) is 3.91. The molecule has 0 bridgehead atoms. The smallest absolute Gasteiger partial charge is 0.345 e. The van der Waals surface area contributed by atoms with Gasteiger partial charge in [-0.2, -0.15) is 4.73 Å². The van der Waals surface area contributed by atoms with Crippen molar-refractivity contribution in [2.45, 2.75) is 0 Å². The maximum absolute atomic E-state index is 11.9. The Bertz CT molecular complexity index is 696. The Hall–Kier alpha value is -2.70. The summed E-state index contributed by atoms with van der Waals surface area (Å²) < 4.78 is 16.0. The van der Waals surface area contributed by atoms with E-state index in [2.05, 4.69) is 0 Å². The third kappa shape index (κ3) is 1.59. The van der Waals surface area contributed by atoms with E-state index in [1.165, 1.54) is 19.2 Å². The molecule has 2 heterocycles. The van der Waals surface area contributed by atoms with E-state index in [0.717, 1.165) is 6.20 Å². The molecular formula is C12H9NO6. The average molecular weight is 263 g/mol. The van der Waals surface area contributed by atoms with Crippen LogP contribution in [0.4, 0.5) is 0 Å². The van der Waals surface area contributed by atoms with Crippen LogP contribution in [0.15, 0.2) is 18.3 Å². The number of hydrogen-bond donors (Lipinski definition) is 1. The number of nitrogens with zero attached hydrogens (tertiary/aromatic N) is 1. The summed E-state index contributed by atoms with van der Waals surface area (Å²) in [5, 5.41) is 21.3. The zero-order valence-electron chi connectivity index (χ0n) is 9.87. The van der Waals surface area contributed by atoms with E-state index >= 15 is 0 Å². The molecule has 0 amide bonds. The fraction of sp³-hybridized carbons (Fsp3) is 0.167. The second-order valence-corrected chi connectivity index (χ2v) is 3.93. The molecule has 0 fully saturated rings. The first-order valence-electron chi connectivity index (χ1n) is 5.38. The van der Waals surface area contributed by atoms with Gasteiger partial charge in [0.2, 0.25) is 12.3 Å². The summed E-state index contributed by atoms with van der Waals surface area (Å²) in [6.07, 6.45) is 0.964. The SMILES string of the molecule is COc1c(C(=O)O)c[n+]([O-])c2cc3c(cc12)OCO3. The zero-order valence-corrected chi connectivity index (χ0v) is 9.87. The fourth-order valence-corrected chi connectivity index (χ4v) is 2.06. The summed E-state index contributed by atoms with van der Waals surface area (Å²) in [6, 6.07) is 3.04. The standard InChI is InChI=1S/C12H9NO6/c1-17-11-6-2-9-10(19-5-18-9)3-8(6)13(16)4-7(11)12(14)15/h2-4H,5H2,1H3,(H,14,15). The predicted molar refractivity (Wildman–Crippen MR) is 62.5 cm³/mol. The molecule has 0 radical (unpaired) electrons. The third-order valence-electron chi connectivity index (χ3n) is 2.90. The number of carboxylic acids is 1. The lowest BCUT2D eigenvalue weighted by molar-refractivity contribution is -0.577. The van der Waals surface area contributed by atoms with Crippen LogP contribution in [0.1, 0.15) is 10.4 Å². The number of benzene rings is 1. The predicted octanol–water partition coefficient (Wildman–Crippen LogP) is 0.909. The molecule has 7 nitrogen and oxygen atoms in total. The molecular weight excluding hydrogens is 254 g/mol. The van der Waals surface area contributed by atoms with Crippen LogP contribution in [0.2, 0.25) is 0 Å². The Morgan fingerprint density at radius 2 is 2.11 bits per heavy atom. The normalized spacial score (nSPS) is 12.7. The molecule has 2 aromatic rings. The van der Waals surface area contributed by atoms with E-state index in [0.29, 0.717) is 21.6 Å². The van der Waals surface area contributed by atoms with Gasteiger partial charge in [-0.1, -0.05) is 0 Å². The van der Waals surface area contributed by atoms with E-state index in [1.807, 2.05) is 0 Å². The van der Waals surface area contributed by atoms with Gasteiger partial charge in [-0.25, -0.2) is 4.79 Å². The first-order valence-corrected chi connectivity index (χ1v) is 5.38. The van der Waals surface area contributed by atoms with Crippen LogP contribution in [0.25, 0.3) is 10.9 Å².